The van der Waals surface area contributed by atoms with Gasteiger partial charge in [-0.25, -0.2) is 0 Å². The zero-order valence-electron chi connectivity index (χ0n) is 13.4. The minimum absolute atomic E-state index is 0.159. The Balaban J connectivity index is 4.82. The number of hydrogen-bond acceptors (Lipinski definition) is 4. The first-order valence-electron chi connectivity index (χ1n) is 6.82. The molecule has 0 aromatic heterocycles. The maximum Gasteiger partial charge on any atom is 0.396 e. The van der Waals surface area contributed by atoms with Gasteiger partial charge in [-0.3, -0.25) is 9.36 Å². The first-order chi connectivity index (χ1) is 8.40. The molecule has 0 aliphatic rings. The largest absolute Gasteiger partial charge is 0.396 e. The highest BCUT2D eigenvalue weighted by molar-refractivity contribution is 7.71. The Morgan fingerprint density at radius 1 is 0.947 bits per heavy atom. The molecule has 0 aromatic carbocycles. The van der Waals surface area contributed by atoms with E-state index in [9.17, 15) is 9.36 Å². The SMILES string of the molecule is CCCC(=O)P(=O)(OCC(C)(C)C)OCC(C)(C)C. The van der Waals surface area contributed by atoms with Crippen molar-refractivity contribution in [3.63, 3.8) is 0 Å². The molecule has 0 amide bonds. The van der Waals surface area contributed by atoms with E-state index in [0.717, 1.165) is 0 Å². The molecule has 4 nitrogen and oxygen atoms in total. The van der Waals surface area contributed by atoms with Crippen molar-refractivity contribution in [1.82, 2.24) is 0 Å². The second-order valence-corrected chi connectivity index (χ2v) is 9.32. The van der Waals surface area contributed by atoms with Gasteiger partial charge < -0.3 is 9.05 Å². The highest BCUT2D eigenvalue weighted by atomic mass is 31.2. The van der Waals surface area contributed by atoms with Gasteiger partial charge in [-0.2, -0.15) is 0 Å². The topological polar surface area (TPSA) is 52.6 Å². The van der Waals surface area contributed by atoms with E-state index >= 15 is 0 Å². The highest BCUT2D eigenvalue weighted by Gasteiger charge is 2.36. The zero-order valence-corrected chi connectivity index (χ0v) is 14.3. The molecule has 0 aromatic rings. The maximum atomic E-state index is 12.6. The summed E-state index contributed by atoms with van der Waals surface area (Å²) in [6.07, 6.45) is 0.867. The van der Waals surface area contributed by atoms with Crippen LogP contribution in [-0.2, 0) is 18.4 Å². The quantitative estimate of drug-likeness (QED) is 0.642. The zero-order chi connectivity index (χ0) is 15.3. The van der Waals surface area contributed by atoms with Crippen LogP contribution in [0.3, 0.4) is 0 Å². The van der Waals surface area contributed by atoms with Crippen molar-refractivity contribution in [3.8, 4) is 0 Å². The third-order valence-corrected chi connectivity index (χ3v) is 3.88. The summed E-state index contributed by atoms with van der Waals surface area (Å²) >= 11 is 0. The summed E-state index contributed by atoms with van der Waals surface area (Å²) in [6.45, 7) is 14.1. The van der Waals surface area contributed by atoms with Crippen LogP contribution >= 0.6 is 7.60 Å². The fourth-order valence-corrected chi connectivity index (χ4v) is 3.06. The normalized spacial score (nSPS) is 13.6. The third-order valence-electron chi connectivity index (χ3n) is 2.10. The van der Waals surface area contributed by atoms with E-state index in [-0.39, 0.29) is 30.5 Å². The third kappa shape index (κ3) is 8.56. The van der Waals surface area contributed by atoms with Crippen molar-refractivity contribution in [3.05, 3.63) is 0 Å². The van der Waals surface area contributed by atoms with Gasteiger partial charge in [0.05, 0.1) is 13.2 Å². The van der Waals surface area contributed by atoms with Crippen molar-refractivity contribution in [1.29, 1.82) is 0 Å². The van der Waals surface area contributed by atoms with E-state index in [1.165, 1.54) is 0 Å². The molecule has 0 atom stereocenters. The van der Waals surface area contributed by atoms with Gasteiger partial charge in [-0.15, -0.1) is 0 Å². The molecule has 5 heteroatoms. The van der Waals surface area contributed by atoms with Crippen LogP contribution in [0.15, 0.2) is 0 Å². The Hall–Kier alpha value is -0.180. The second kappa shape index (κ2) is 7.01. The van der Waals surface area contributed by atoms with Gasteiger partial charge in [-0.1, -0.05) is 48.5 Å². The summed E-state index contributed by atoms with van der Waals surface area (Å²) < 4.78 is 23.4. The van der Waals surface area contributed by atoms with Gasteiger partial charge in [0.1, 0.15) is 0 Å². The van der Waals surface area contributed by atoms with Crippen LogP contribution < -0.4 is 0 Å². The van der Waals surface area contributed by atoms with Crippen LogP contribution in [0.25, 0.3) is 0 Å². The minimum Gasteiger partial charge on any atom is -0.303 e. The predicted molar refractivity (Wildman–Crippen MR) is 78.3 cm³/mol. The molecular formula is C14H29O4P. The smallest absolute Gasteiger partial charge is 0.303 e. The molecule has 0 unspecified atom stereocenters. The predicted octanol–water partition coefficient (Wildman–Crippen LogP) is 4.63. The molecule has 0 bridgehead atoms. The number of carbonyl (C=O) groups excluding carboxylic acids is 1. The fourth-order valence-electron chi connectivity index (χ4n) is 1.09. The lowest BCUT2D eigenvalue weighted by Gasteiger charge is -2.26. The van der Waals surface area contributed by atoms with Gasteiger partial charge in [0.25, 0.3) is 0 Å². The van der Waals surface area contributed by atoms with E-state index in [2.05, 4.69) is 0 Å². The van der Waals surface area contributed by atoms with Crippen LogP contribution in [-0.4, -0.2) is 18.7 Å². The molecule has 0 saturated heterocycles. The lowest BCUT2D eigenvalue weighted by molar-refractivity contribution is -0.114. The molecule has 0 N–H and O–H groups in total. The van der Waals surface area contributed by atoms with E-state index in [0.29, 0.717) is 6.42 Å². The van der Waals surface area contributed by atoms with E-state index in [1.54, 1.807) is 0 Å². The standard InChI is InChI=1S/C14H29O4P/c1-8-9-12(15)19(16,17-10-13(2,3)4)18-11-14(5,6)7/h8-11H2,1-7H3. The first kappa shape index (κ1) is 18.8. The molecule has 0 aliphatic heterocycles. The number of carbonyl (C=O) groups is 1. The average molecular weight is 292 g/mol. The van der Waals surface area contributed by atoms with Crippen molar-refractivity contribution in [2.75, 3.05) is 13.2 Å². The summed E-state index contributed by atoms with van der Waals surface area (Å²) in [7, 11) is -3.66. The van der Waals surface area contributed by atoms with Crippen LogP contribution in [0.1, 0.15) is 61.3 Å². The number of rotatable bonds is 7. The van der Waals surface area contributed by atoms with Gasteiger partial charge in [0.2, 0.25) is 5.52 Å². The molecule has 0 aliphatic carbocycles. The van der Waals surface area contributed by atoms with Gasteiger partial charge in [-0.05, 0) is 17.3 Å². The summed E-state index contributed by atoms with van der Waals surface area (Å²) in [6, 6.07) is 0. The molecule has 0 saturated carbocycles. The van der Waals surface area contributed by atoms with Crippen LogP contribution in [0.5, 0.6) is 0 Å². The summed E-state index contributed by atoms with van der Waals surface area (Å²) in [4.78, 5) is 12.0. The van der Waals surface area contributed by atoms with E-state index in [4.69, 9.17) is 9.05 Å². The lowest BCUT2D eigenvalue weighted by atomic mass is 9.99. The van der Waals surface area contributed by atoms with Gasteiger partial charge in [0.15, 0.2) is 0 Å². The average Bonchev–Trinajstić information content (AvgIpc) is 2.22. The van der Waals surface area contributed by atoms with Crippen LogP contribution in [0.4, 0.5) is 0 Å². The van der Waals surface area contributed by atoms with Crippen molar-refractivity contribution < 1.29 is 18.4 Å². The Morgan fingerprint density at radius 3 is 1.58 bits per heavy atom. The maximum absolute atomic E-state index is 12.6. The molecule has 0 rings (SSSR count). The molecule has 0 radical (unpaired) electrons. The minimum atomic E-state index is -3.66. The molecule has 114 valence electrons. The monoisotopic (exact) mass is 292 g/mol. The van der Waals surface area contributed by atoms with E-state index in [1.807, 2.05) is 48.5 Å². The Kier molecular flexibility index (Phi) is 6.94. The van der Waals surface area contributed by atoms with E-state index < -0.39 is 13.1 Å². The van der Waals surface area contributed by atoms with Crippen molar-refractivity contribution >= 4 is 13.1 Å². The van der Waals surface area contributed by atoms with Crippen molar-refractivity contribution in [2.24, 2.45) is 10.8 Å². The van der Waals surface area contributed by atoms with Crippen LogP contribution in [0, 0.1) is 10.8 Å². The highest BCUT2D eigenvalue weighted by Crippen LogP contribution is 2.52. The Morgan fingerprint density at radius 2 is 1.32 bits per heavy atom. The Labute approximate surface area is 117 Å². The molecule has 0 heterocycles. The van der Waals surface area contributed by atoms with Crippen LogP contribution in [0.2, 0.25) is 0 Å². The molecule has 19 heavy (non-hydrogen) atoms. The molecular weight excluding hydrogens is 263 g/mol. The summed E-state index contributed by atoms with van der Waals surface area (Å²) in [5, 5.41) is 0. The van der Waals surface area contributed by atoms with Gasteiger partial charge in [0, 0.05) is 6.42 Å². The summed E-state index contributed by atoms with van der Waals surface area (Å²) in [5.74, 6) is 0. The Bertz CT molecular complexity index is 314. The number of hydrogen-bond donors (Lipinski definition) is 0. The van der Waals surface area contributed by atoms with Crippen molar-refractivity contribution in [2.45, 2.75) is 61.3 Å². The molecule has 0 fully saturated rings. The van der Waals surface area contributed by atoms with Gasteiger partial charge >= 0.3 is 7.60 Å². The molecule has 0 spiro atoms. The fraction of sp³-hybridized carbons (Fsp3) is 0.929. The summed E-state index contributed by atoms with van der Waals surface area (Å²) in [5.41, 5.74) is -0.732. The first-order valence-corrected chi connectivity index (χ1v) is 8.36. The lowest BCUT2D eigenvalue weighted by Crippen LogP contribution is -2.20. The second-order valence-electron chi connectivity index (χ2n) is 7.31.